The molecule has 19 heavy (non-hydrogen) atoms. The molecule has 0 saturated carbocycles. The van der Waals surface area contributed by atoms with Crippen LogP contribution in [-0.2, 0) is 0 Å². The van der Waals surface area contributed by atoms with Gasteiger partial charge in [-0.25, -0.2) is 4.98 Å². The average molecular weight is 274 g/mol. The maximum Gasteiger partial charge on any atom is 0.0900 e. The van der Waals surface area contributed by atoms with Gasteiger partial charge >= 0.3 is 0 Å². The average Bonchev–Trinajstić information content (AvgIpc) is 2.69. The van der Waals surface area contributed by atoms with Crippen LogP contribution in [0.4, 0.5) is 5.69 Å². The van der Waals surface area contributed by atoms with E-state index in [1.807, 2.05) is 0 Å². The van der Waals surface area contributed by atoms with Gasteiger partial charge in [0.25, 0.3) is 0 Å². The molecule has 0 fully saturated rings. The van der Waals surface area contributed by atoms with Gasteiger partial charge in [-0.3, -0.25) is 0 Å². The minimum atomic E-state index is 0.300. The third kappa shape index (κ3) is 3.35. The predicted octanol–water partition coefficient (Wildman–Crippen LogP) is 5.06. The molecule has 1 heterocycles. The molecule has 0 radical (unpaired) electrons. The van der Waals surface area contributed by atoms with Crippen molar-refractivity contribution in [2.75, 3.05) is 5.32 Å². The monoisotopic (exact) mass is 274 g/mol. The Labute approximate surface area is 119 Å². The quantitative estimate of drug-likeness (QED) is 0.843. The zero-order valence-corrected chi connectivity index (χ0v) is 13.1. The van der Waals surface area contributed by atoms with Gasteiger partial charge in [-0.1, -0.05) is 26.0 Å². The maximum atomic E-state index is 4.50. The summed E-state index contributed by atoms with van der Waals surface area (Å²) in [6, 6.07) is 8.97. The van der Waals surface area contributed by atoms with Gasteiger partial charge in [0, 0.05) is 10.6 Å². The minimum absolute atomic E-state index is 0.300. The SMILES string of the molecule is Cc1nc(C)c(C(C)Nc2cccc(C(C)C)c2)s1. The van der Waals surface area contributed by atoms with E-state index in [1.165, 1.54) is 16.1 Å². The smallest absolute Gasteiger partial charge is 0.0900 e. The van der Waals surface area contributed by atoms with Gasteiger partial charge in [-0.15, -0.1) is 11.3 Å². The van der Waals surface area contributed by atoms with Gasteiger partial charge in [0.2, 0.25) is 0 Å². The molecule has 102 valence electrons. The molecule has 0 aliphatic carbocycles. The van der Waals surface area contributed by atoms with Crippen LogP contribution in [0.3, 0.4) is 0 Å². The number of aromatic nitrogens is 1. The number of aryl methyl sites for hydroxylation is 2. The molecule has 0 aliphatic rings. The Morgan fingerprint density at radius 3 is 2.47 bits per heavy atom. The Balaban J connectivity index is 2.17. The number of nitrogens with one attached hydrogen (secondary N) is 1. The van der Waals surface area contributed by atoms with E-state index < -0.39 is 0 Å². The molecule has 0 amide bonds. The van der Waals surface area contributed by atoms with Crippen molar-refractivity contribution >= 4 is 17.0 Å². The summed E-state index contributed by atoms with van der Waals surface area (Å²) in [4.78, 5) is 5.82. The molecule has 1 aromatic heterocycles. The number of anilines is 1. The van der Waals surface area contributed by atoms with Crippen LogP contribution in [0, 0.1) is 13.8 Å². The molecule has 0 aliphatic heterocycles. The van der Waals surface area contributed by atoms with Crippen molar-refractivity contribution in [3.63, 3.8) is 0 Å². The van der Waals surface area contributed by atoms with Crippen LogP contribution < -0.4 is 5.32 Å². The van der Waals surface area contributed by atoms with Crippen LogP contribution in [0.25, 0.3) is 0 Å². The van der Waals surface area contributed by atoms with Crippen LogP contribution in [0.15, 0.2) is 24.3 Å². The molecular weight excluding hydrogens is 252 g/mol. The predicted molar refractivity (Wildman–Crippen MR) is 84.2 cm³/mol. The number of hydrogen-bond acceptors (Lipinski definition) is 3. The van der Waals surface area contributed by atoms with Gasteiger partial charge in [-0.2, -0.15) is 0 Å². The summed E-state index contributed by atoms with van der Waals surface area (Å²) < 4.78 is 0. The molecular formula is C16H22N2S. The van der Waals surface area contributed by atoms with Crippen molar-refractivity contribution in [2.24, 2.45) is 0 Å². The fraction of sp³-hybridized carbons (Fsp3) is 0.438. The standard InChI is InChI=1S/C16H22N2S/c1-10(2)14-7-6-8-15(9-14)18-12(4)16-11(3)17-13(5)19-16/h6-10,12,18H,1-5H3. The zero-order chi connectivity index (χ0) is 14.0. The van der Waals surface area contributed by atoms with Crippen molar-refractivity contribution in [1.29, 1.82) is 0 Å². The topological polar surface area (TPSA) is 24.9 Å². The molecule has 3 heteroatoms. The van der Waals surface area contributed by atoms with Gasteiger partial charge in [0.1, 0.15) is 0 Å². The lowest BCUT2D eigenvalue weighted by molar-refractivity contribution is 0.860. The molecule has 0 spiro atoms. The molecule has 2 nitrogen and oxygen atoms in total. The first-order valence-electron chi connectivity index (χ1n) is 6.77. The first-order valence-corrected chi connectivity index (χ1v) is 7.59. The second kappa shape index (κ2) is 5.74. The second-order valence-electron chi connectivity index (χ2n) is 5.33. The molecule has 1 N–H and O–H groups in total. The molecule has 1 atom stereocenters. The number of rotatable bonds is 4. The van der Waals surface area contributed by atoms with E-state index in [2.05, 4.69) is 69.2 Å². The Hall–Kier alpha value is -1.35. The van der Waals surface area contributed by atoms with E-state index in [4.69, 9.17) is 0 Å². The molecule has 1 unspecified atom stereocenters. The van der Waals surface area contributed by atoms with E-state index in [0.717, 1.165) is 10.7 Å². The first kappa shape index (κ1) is 14.1. The summed E-state index contributed by atoms with van der Waals surface area (Å²) in [6.07, 6.45) is 0. The number of benzene rings is 1. The van der Waals surface area contributed by atoms with Crippen molar-refractivity contribution < 1.29 is 0 Å². The van der Waals surface area contributed by atoms with Crippen LogP contribution >= 0.6 is 11.3 Å². The van der Waals surface area contributed by atoms with Crippen molar-refractivity contribution in [2.45, 2.75) is 46.6 Å². The van der Waals surface area contributed by atoms with Crippen LogP contribution in [0.5, 0.6) is 0 Å². The molecule has 2 aromatic rings. The van der Waals surface area contributed by atoms with Gasteiger partial charge in [-0.05, 0) is 44.4 Å². The fourth-order valence-corrected chi connectivity index (χ4v) is 3.18. The molecule has 0 bridgehead atoms. The summed E-state index contributed by atoms with van der Waals surface area (Å²) in [5.74, 6) is 0.560. The summed E-state index contributed by atoms with van der Waals surface area (Å²) >= 11 is 1.78. The summed E-state index contributed by atoms with van der Waals surface area (Å²) in [6.45, 7) is 10.8. The highest BCUT2D eigenvalue weighted by Crippen LogP contribution is 2.28. The van der Waals surface area contributed by atoms with Gasteiger partial charge in [0.15, 0.2) is 0 Å². The maximum absolute atomic E-state index is 4.50. The largest absolute Gasteiger partial charge is 0.378 e. The van der Waals surface area contributed by atoms with E-state index in [-0.39, 0.29) is 0 Å². The third-order valence-electron chi connectivity index (χ3n) is 3.27. The number of thiazole rings is 1. The van der Waals surface area contributed by atoms with Crippen molar-refractivity contribution in [3.05, 3.63) is 45.4 Å². The molecule has 2 rings (SSSR count). The van der Waals surface area contributed by atoms with E-state index in [1.54, 1.807) is 11.3 Å². The highest BCUT2D eigenvalue weighted by Gasteiger charge is 2.13. The van der Waals surface area contributed by atoms with Crippen molar-refractivity contribution in [3.8, 4) is 0 Å². The van der Waals surface area contributed by atoms with Gasteiger partial charge in [0.05, 0.1) is 16.7 Å². The second-order valence-corrected chi connectivity index (χ2v) is 6.56. The first-order chi connectivity index (χ1) is 8.97. The minimum Gasteiger partial charge on any atom is -0.378 e. The normalized spacial score (nSPS) is 12.7. The fourth-order valence-electron chi connectivity index (χ4n) is 2.25. The highest BCUT2D eigenvalue weighted by molar-refractivity contribution is 7.11. The summed E-state index contributed by atoms with van der Waals surface area (Å²) in [7, 11) is 0. The van der Waals surface area contributed by atoms with Crippen LogP contribution in [0.1, 0.15) is 53.9 Å². The lowest BCUT2D eigenvalue weighted by atomic mass is 10.0. The lowest BCUT2D eigenvalue weighted by Crippen LogP contribution is -2.06. The van der Waals surface area contributed by atoms with Crippen molar-refractivity contribution in [1.82, 2.24) is 4.98 Å². The number of hydrogen-bond donors (Lipinski definition) is 1. The highest BCUT2D eigenvalue weighted by atomic mass is 32.1. The third-order valence-corrected chi connectivity index (χ3v) is 4.52. The summed E-state index contributed by atoms with van der Waals surface area (Å²) in [5, 5.41) is 4.71. The Morgan fingerprint density at radius 2 is 1.89 bits per heavy atom. The van der Waals surface area contributed by atoms with Gasteiger partial charge < -0.3 is 5.32 Å². The number of nitrogens with zero attached hydrogens (tertiary/aromatic N) is 1. The van der Waals surface area contributed by atoms with Crippen LogP contribution in [-0.4, -0.2) is 4.98 Å². The summed E-state index contributed by atoms with van der Waals surface area (Å²) in [5.41, 5.74) is 3.70. The molecule has 0 saturated heterocycles. The zero-order valence-electron chi connectivity index (χ0n) is 12.3. The van der Waals surface area contributed by atoms with E-state index in [9.17, 15) is 0 Å². The molecule has 1 aromatic carbocycles. The Kier molecular flexibility index (Phi) is 4.25. The van der Waals surface area contributed by atoms with E-state index >= 15 is 0 Å². The Morgan fingerprint density at radius 1 is 1.16 bits per heavy atom. The lowest BCUT2D eigenvalue weighted by Gasteiger charge is -2.16. The Bertz CT molecular complexity index is 558. The van der Waals surface area contributed by atoms with Crippen LogP contribution in [0.2, 0.25) is 0 Å². The van der Waals surface area contributed by atoms with E-state index in [0.29, 0.717) is 12.0 Å².